The maximum atomic E-state index is 11.0. The van der Waals surface area contributed by atoms with Gasteiger partial charge in [0, 0.05) is 18.8 Å². The predicted molar refractivity (Wildman–Crippen MR) is 75.6 cm³/mol. The summed E-state index contributed by atoms with van der Waals surface area (Å²) in [6.07, 6.45) is 5.21. The van der Waals surface area contributed by atoms with Crippen molar-refractivity contribution in [3.05, 3.63) is 29.8 Å². The fourth-order valence-corrected chi connectivity index (χ4v) is 3.15. The molecule has 1 heterocycles. The molecule has 0 amide bonds. The number of carboxylic acid groups (broad SMARTS) is 1. The summed E-state index contributed by atoms with van der Waals surface area (Å²) in [5.74, 6) is 0.124. The Balaban J connectivity index is 1.74. The normalized spacial score (nSPS) is 20.5. The fraction of sp³-hybridized carbons (Fsp3) is 0.562. The minimum Gasteiger partial charge on any atom is -0.481 e. The van der Waals surface area contributed by atoms with Gasteiger partial charge in [-0.15, -0.1) is 0 Å². The summed E-state index contributed by atoms with van der Waals surface area (Å²) in [7, 11) is 0. The van der Waals surface area contributed by atoms with Crippen LogP contribution in [0.4, 0.5) is 5.69 Å². The number of hydrogen-bond acceptors (Lipinski definition) is 2. The minimum atomic E-state index is -0.680. The Bertz CT molecular complexity index is 444. The molecule has 2 aliphatic rings. The van der Waals surface area contributed by atoms with Crippen LogP contribution in [0.5, 0.6) is 0 Å². The molecule has 1 aliphatic carbocycles. The van der Waals surface area contributed by atoms with E-state index in [-0.39, 0.29) is 12.3 Å². The second-order valence-electron chi connectivity index (χ2n) is 5.83. The lowest BCUT2D eigenvalue weighted by molar-refractivity contribution is -0.137. The van der Waals surface area contributed by atoms with Crippen LogP contribution in [0.1, 0.15) is 43.6 Å². The third-order valence-corrected chi connectivity index (χ3v) is 4.38. The third kappa shape index (κ3) is 2.91. The van der Waals surface area contributed by atoms with Crippen molar-refractivity contribution in [2.24, 2.45) is 5.92 Å². The van der Waals surface area contributed by atoms with Gasteiger partial charge in [-0.3, -0.25) is 4.79 Å². The van der Waals surface area contributed by atoms with Crippen molar-refractivity contribution in [2.45, 2.75) is 38.0 Å². The van der Waals surface area contributed by atoms with Crippen LogP contribution in [0.25, 0.3) is 0 Å². The molecule has 1 aromatic carbocycles. The summed E-state index contributed by atoms with van der Waals surface area (Å²) in [6.45, 7) is 2.31. The van der Waals surface area contributed by atoms with Crippen LogP contribution < -0.4 is 4.90 Å². The lowest BCUT2D eigenvalue weighted by atomic mass is 9.91. The second-order valence-corrected chi connectivity index (χ2v) is 5.83. The Morgan fingerprint density at radius 2 is 1.84 bits per heavy atom. The minimum absolute atomic E-state index is 0.213. The van der Waals surface area contributed by atoms with Gasteiger partial charge in [-0.05, 0) is 55.2 Å². The standard InChI is InChI=1S/C16H21NO2/c18-16(19)11-15(12-3-4-12)13-5-7-14(8-6-13)17-9-1-2-10-17/h5-8,12,15H,1-4,9-11H2,(H,18,19). The molecule has 0 radical (unpaired) electrons. The molecule has 1 saturated heterocycles. The molecule has 1 unspecified atom stereocenters. The Kier molecular flexibility index (Phi) is 3.45. The molecule has 0 spiro atoms. The van der Waals surface area contributed by atoms with E-state index >= 15 is 0 Å². The van der Waals surface area contributed by atoms with Crippen molar-refractivity contribution in [3.63, 3.8) is 0 Å². The van der Waals surface area contributed by atoms with Crippen molar-refractivity contribution < 1.29 is 9.90 Å². The zero-order valence-electron chi connectivity index (χ0n) is 11.2. The number of carboxylic acids is 1. The van der Waals surface area contributed by atoms with Gasteiger partial charge in [-0.25, -0.2) is 0 Å². The molecule has 3 nitrogen and oxygen atoms in total. The Morgan fingerprint density at radius 1 is 1.21 bits per heavy atom. The number of anilines is 1. The van der Waals surface area contributed by atoms with Gasteiger partial charge in [0.15, 0.2) is 0 Å². The quantitative estimate of drug-likeness (QED) is 0.882. The van der Waals surface area contributed by atoms with Crippen LogP contribution in [0.2, 0.25) is 0 Å². The van der Waals surface area contributed by atoms with Crippen molar-refractivity contribution in [1.82, 2.24) is 0 Å². The number of hydrogen-bond donors (Lipinski definition) is 1. The van der Waals surface area contributed by atoms with E-state index in [9.17, 15) is 4.79 Å². The van der Waals surface area contributed by atoms with Gasteiger partial charge in [0.25, 0.3) is 0 Å². The Labute approximate surface area is 114 Å². The van der Waals surface area contributed by atoms with Gasteiger partial charge in [0.1, 0.15) is 0 Å². The van der Waals surface area contributed by atoms with Crippen LogP contribution in [0, 0.1) is 5.92 Å². The lowest BCUT2D eigenvalue weighted by Crippen LogP contribution is -2.17. The SMILES string of the molecule is O=C(O)CC(c1ccc(N2CCCC2)cc1)C1CC1. The van der Waals surface area contributed by atoms with E-state index < -0.39 is 5.97 Å². The third-order valence-electron chi connectivity index (χ3n) is 4.38. The molecule has 1 aliphatic heterocycles. The Morgan fingerprint density at radius 3 is 2.37 bits per heavy atom. The first-order valence-corrected chi connectivity index (χ1v) is 7.31. The Hall–Kier alpha value is -1.51. The second kappa shape index (κ2) is 5.24. The highest BCUT2D eigenvalue weighted by atomic mass is 16.4. The van der Waals surface area contributed by atoms with E-state index in [2.05, 4.69) is 29.2 Å². The van der Waals surface area contributed by atoms with Gasteiger partial charge >= 0.3 is 5.97 Å². The van der Waals surface area contributed by atoms with Crippen LogP contribution in [-0.2, 0) is 4.79 Å². The van der Waals surface area contributed by atoms with Gasteiger partial charge in [-0.2, -0.15) is 0 Å². The molecule has 19 heavy (non-hydrogen) atoms. The first-order valence-electron chi connectivity index (χ1n) is 7.31. The smallest absolute Gasteiger partial charge is 0.303 e. The van der Waals surface area contributed by atoms with Crippen molar-refractivity contribution >= 4 is 11.7 Å². The summed E-state index contributed by atoms with van der Waals surface area (Å²) >= 11 is 0. The largest absolute Gasteiger partial charge is 0.481 e. The fourth-order valence-electron chi connectivity index (χ4n) is 3.15. The monoisotopic (exact) mass is 259 g/mol. The molecule has 102 valence electrons. The molecule has 3 heteroatoms. The maximum Gasteiger partial charge on any atom is 0.303 e. The van der Waals surface area contributed by atoms with Crippen LogP contribution in [0.15, 0.2) is 24.3 Å². The van der Waals surface area contributed by atoms with Gasteiger partial charge in [0.05, 0.1) is 6.42 Å². The van der Waals surface area contributed by atoms with Gasteiger partial charge in [-0.1, -0.05) is 12.1 Å². The van der Waals surface area contributed by atoms with Crippen LogP contribution in [-0.4, -0.2) is 24.2 Å². The van der Waals surface area contributed by atoms with E-state index in [4.69, 9.17) is 5.11 Å². The van der Waals surface area contributed by atoms with E-state index in [1.54, 1.807) is 0 Å². The van der Waals surface area contributed by atoms with E-state index in [1.807, 2.05) is 0 Å². The predicted octanol–water partition coefficient (Wildman–Crippen LogP) is 3.26. The zero-order valence-corrected chi connectivity index (χ0v) is 11.2. The average molecular weight is 259 g/mol. The van der Waals surface area contributed by atoms with Gasteiger partial charge in [0.2, 0.25) is 0 Å². The lowest BCUT2D eigenvalue weighted by Gasteiger charge is -2.20. The highest BCUT2D eigenvalue weighted by Gasteiger charge is 2.33. The van der Waals surface area contributed by atoms with Crippen LogP contribution >= 0.6 is 0 Å². The van der Waals surface area contributed by atoms with Gasteiger partial charge < -0.3 is 10.0 Å². The number of carbonyl (C=O) groups is 1. The summed E-state index contributed by atoms with van der Waals surface area (Å²) in [6, 6.07) is 8.61. The zero-order chi connectivity index (χ0) is 13.2. The highest BCUT2D eigenvalue weighted by Crippen LogP contribution is 2.44. The molecular formula is C16H21NO2. The summed E-state index contributed by atoms with van der Waals surface area (Å²) in [5.41, 5.74) is 2.49. The summed E-state index contributed by atoms with van der Waals surface area (Å²) < 4.78 is 0. The summed E-state index contributed by atoms with van der Waals surface area (Å²) in [4.78, 5) is 13.4. The molecular weight excluding hydrogens is 238 g/mol. The molecule has 1 saturated carbocycles. The van der Waals surface area contributed by atoms with E-state index in [0.29, 0.717) is 5.92 Å². The average Bonchev–Trinajstić information content (AvgIpc) is 3.10. The molecule has 1 aromatic rings. The van der Waals surface area contributed by atoms with Crippen molar-refractivity contribution in [2.75, 3.05) is 18.0 Å². The number of benzene rings is 1. The number of aliphatic carboxylic acids is 1. The molecule has 3 rings (SSSR count). The maximum absolute atomic E-state index is 11.0. The van der Waals surface area contributed by atoms with Crippen LogP contribution in [0.3, 0.4) is 0 Å². The first-order chi connectivity index (χ1) is 9.24. The molecule has 0 aromatic heterocycles. The molecule has 0 bridgehead atoms. The molecule has 1 N–H and O–H groups in total. The van der Waals surface area contributed by atoms with Crippen molar-refractivity contribution in [1.29, 1.82) is 0 Å². The topological polar surface area (TPSA) is 40.5 Å². The summed E-state index contributed by atoms with van der Waals surface area (Å²) in [5, 5.41) is 9.04. The van der Waals surface area contributed by atoms with Crippen molar-refractivity contribution in [3.8, 4) is 0 Å². The van der Waals surface area contributed by atoms with E-state index in [0.717, 1.165) is 13.1 Å². The number of rotatable bonds is 5. The number of nitrogens with zero attached hydrogens (tertiary/aromatic N) is 1. The molecule has 1 atom stereocenters. The first kappa shape index (κ1) is 12.5. The van der Waals surface area contributed by atoms with E-state index in [1.165, 1.54) is 36.9 Å². The molecule has 2 fully saturated rings. The highest BCUT2D eigenvalue weighted by molar-refractivity contribution is 5.68.